The molecule has 0 bridgehead atoms. The molecule has 5 heteroatoms. The van der Waals surface area contributed by atoms with Gasteiger partial charge in [0.1, 0.15) is 0 Å². The van der Waals surface area contributed by atoms with E-state index in [1.54, 1.807) is 13.8 Å². The van der Waals surface area contributed by atoms with Gasteiger partial charge in [0, 0.05) is 6.08 Å². The number of rotatable bonds is 2. The van der Waals surface area contributed by atoms with Gasteiger partial charge in [-0.05, 0) is 13.8 Å². The van der Waals surface area contributed by atoms with Crippen molar-refractivity contribution in [1.82, 2.24) is 0 Å². The van der Waals surface area contributed by atoms with Crippen molar-refractivity contribution >= 4 is 11.9 Å². The average Bonchev–Trinajstić information content (AvgIpc) is 2.79. The van der Waals surface area contributed by atoms with Crippen molar-refractivity contribution in [3.05, 3.63) is 23.7 Å². The molecule has 1 rings (SSSR count). The SMILES string of the molecule is C/C=C/C(=O)OOC(=O)C1=C(C)O1. The van der Waals surface area contributed by atoms with Crippen LogP contribution in [0.15, 0.2) is 23.7 Å². The lowest BCUT2D eigenvalue weighted by molar-refractivity contribution is -0.252. The van der Waals surface area contributed by atoms with Gasteiger partial charge in [-0.3, -0.25) is 0 Å². The number of allylic oxidation sites excluding steroid dienone is 2. The van der Waals surface area contributed by atoms with E-state index in [1.807, 2.05) is 0 Å². The lowest BCUT2D eigenvalue weighted by Crippen LogP contribution is -2.08. The maximum Gasteiger partial charge on any atom is 0.424 e. The molecular formula is C8H8O5. The Bertz CT molecular complexity index is 300. The highest BCUT2D eigenvalue weighted by atomic mass is 17.2. The van der Waals surface area contributed by atoms with Crippen LogP contribution in [-0.2, 0) is 24.1 Å². The Labute approximate surface area is 74.5 Å². The molecule has 0 fully saturated rings. The zero-order chi connectivity index (χ0) is 9.84. The fourth-order valence-corrected chi connectivity index (χ4v) is 0.594. The Morgan fingerprint density at radius 2 is 2.00 bits per heavy atom. The molecule has 0 saturated carbocycles. The summed E-state index contributed by atoms with van der Waals surface area (Å²) in [5.74, 6) is -0.967. The van der Waals surface area contributed by atoms with E-state index in [0.29, 0.717) is 5.76 Å². The normalized spacial score (nSPS) is 14.0. The molecule has 70 valence electrons. The second kappa shape index (κ2) is 3.75. The van der Waals surface area contributed by atoms with Gasteiger partial charge >= 0.3 is 11.9 Å². The highest BCUT2D eigenvalue weighted by Gasteiger charge is 2.31. The quantitative estimate of drug-likeness (QED) is 0.361. The molecule has 0 saturated heterocycles. The van der Waals surface area contributed by atoms with Crippen LogP contribution in [0, 0.1) is 0 Å². The van der Waals surface area contributed by atoms with Crippen LogP contribution in [0.2, 0.25) is 0 Å². The third-order valence-electron chi connectivity index (χ3n) is 1.22. The molecule has 0 aromatic rings. The number of carbonyl (C=O) groups excluding carboxylic acids is 2. The summed E-state index contributed by atoms with van der Waals surface area (Å²) in [7, 11) is 0. The molecule has 0 atom stereocenters. The Balaban J connectivity index is 2.27. The van der Waals surface area contributed by atoms with E-state index in [9.17, 15) is 9.59 Å². The fraction of sp³-hybridized carbons (Fsp3) is 0.250. The van der Waals surface area contributed by atoms with Crippen molar-refractivity contribution in [2.24, 2.45) is 0 Å². The van der Waals surface area contributed by atoms with Crippen LogP contribution in [-0.4, -0.2) is 11.9 Å². The van der Waals surface area contributed by atoms with Crippen molar-refractivity contribution < 1.29 is 24.1 Å². The van der Waals surface area contributed by atoms with Gasteiger partial charge in [-0.1, -0.05) is 6.08 Å². The molecular weight excluding hydrogens is 176 g/mol. The van der Waals surface area contributed by atoms with Crippen LogP contribution in [0.4, 0.5) is 0 Å². The number of carbonyl (C=O) groups is 2. The van der Waals surface area contributed by atoms with Crippen LogP contribution in [0.25, 0.3) is 0 Å². The summed E-state index contributed by atoms with van der Waals surface area (Å²) < 4.78 is 4.62. The number of hydrogen-bond acceptors (Lipinski definition) is 5. The molecule has 0 aliphatic carbocycles. The first-order chi connectivity index (χ1) is 6.15. The summed E-state index contributed by atoms with van der Waals surface area (Å²) in [5.41, 5.74) is 0. The van der Waals surface area contributed by atoms with E-state index in [4.69, 9.17) is 0 Å². The summed E-state index contributed by atoms with van der Waals surface area (Å²) in [6.45, 7) is 3.24. The smallest absolute Gasteiger partial charge is 0.424 e. The average molecular weight is 184 g/mol. The van der Waals surface area contributed by atoms with E-state index in [-0.39, 0.29) is 5.76 Å². The van der Waals surface area contributed by atoms with Crippen LogP contribution in [0.1, 0.15) is 13.8 Å². The van der Waals surface area contributed by atoms with E-state index in [2.05, 4.69) is 14.5 Å². The molecule has 1 aliphatic heterocycles. The third kappa shape index (κ3) is 2.62. The molecule has 0 radical (unpaired) electrons. The second-order valence-electron chi connectivity index (χ2n) is 2.26. The van der Waals surface area contributed by atoms with E-state index in [1.165, 1.54) is 6.08 Å². The van der Waals surface area contributed by atoms with Gasteiger partial charge in [-0.15, -0.1) is 0 Å². The third-order valence-corrected chi connectivity index (χ3v) is 1.22. The van der Waals surface area contributed by atoms with Gasteiger partial charge in [0.2, 0.25) is 0 Å². The lowest BCUT2D eigenvalue weighted by atomic mass is 10.5. The van der Waals surface area contributed by atoms with E-state index >= 15 is 0 Å². The molecule has 0 aromatic heterocycles. The molecule has 0 unspecified atom stereocenters. The van der Waals surface area contributed by atoms with E-state index in [0.717, 1.165) is 6.08 Å². The second-order valence-corrected chi connectivity index (χ2v) is 2.26. The lowest BCUT2D eigenvalue weighted by Gasteiger charge is -1.95. The molecule has 1 aliphatic rings. The molecule has 0 aromatic carbocycles. The minimum absolute atomic E-state index is 0.0910. The molecule has 1 heterocycles. The van der Waals surface area contributed by atoms with Crippen molar-refractivity contribution in [3.63, 3.8) is 0 Å². The predicted octanol–water partition coefficient (Wildman–Crippen LogP) is 0.826. The monoisotopic (exact) mass is 184 g/mol. The molecule has 0 amide bonds. The Hall–Kier alpha value is -1.78. The maximum atomic E-state index is 10.8. The highest BCUT2D eigenvalue weighted by Crippen LogP contribution is 2.25. The fourth-order valence-electron chi connectivity index (χ4n) is 0.594. The van der Waals surface area contributed by atoms with Gasteiger partial charge in [-0.25, -0.2) is 19.4 Å². The number of ether oxygens (including phenoxy) is 1. The summed E-state index contributed by atoms with van der Waals surface area (Å²) >= 11 is 0. The van der Waals surface area contributed by atoms with Gasteiger partial charge in [-0.2, -0.15) is 0 Å². The first-order valence-corrected chi connectivity index (χ1v) is 3.59. The molecule has 0 spiro atoms. The molecule has 13 heavy (non-hydrogen) atoms. The Morgan fingerprint density at radius 3 is 2.46 bits per heavy atom. The van der Waals surface area contributed by atoms with Crippen LogP contribution in [0.5, 0.6) is 0 Å². The van der Waals surface area contributed by atoms with Crippen LogP contribution < -0.4 is 0 Å². The predicted molar refractivity (Wildman–Crippen MR) is 40.8 cm³/mol. The Morgan fingerprint density at radius 1 is 1.38 bits per heavy atom. The van der Waals surface area contributed by atoms with E-state index < -0.39 is 11.9 Å². The van der Waals surface area contributed by atoms with Crippen LogP contribution >= 0.6 is 0 Å². The zero-order valence-corrected chi connectivity index (χ0v) is 7.20. The summed E-state index contributed by atoms with van der Waals surface area (Å²) in [6, 6.07) is 0. The van der Waals surface area contributed by atoms with Crippen LogP contribution in [0.3, 0.4) is 0 Å². The minimum atomic E-state index is -0.796. The van der Waals surface area contributed by atoms with Crippen molar-refractivity contribution in [3.8, 4) is 0 Å². The largest absolute Gasteiger partial charge is 0.447 e. The van der Waals surface area contributed by atoms with Crippen molar-refractivity contribution in [2.45, 2.75) is 13.8 Å². The maximum absolute atomic E-state index is 10.8. The minimum Gasteiger partial charge on any atom is -0.447 e. The molecule has 5 nitrogen and oxygen atoms in total. The molecule has 0 N–H and O–H groups in total. The van der Waals surface area contributed by atoms with Gasteiger partial charge < -0.3 is 4.74 Å². The Kier molecular flexibility index (Phi) is 2.69. The summed E-state index contributed by atoms with van der Waals surface area (Å²) in [4.78, 5) is 29.7. The van der Waals surface area contributed by atoms with Crippen molar-refractivity contribution in [1.29, 1.82) is 0 Å². The van der Waals surface area contributed by atoms with Crippen molar-refractivity contribution in [2.75, 3.05) is 0 Å². The van der Waals surface area contributed by atoms with Gasteiger partial charge in [0.05, 0.1) is 0 Å². The standard InChI is InChI=1S/C8H8O5/c1-3-4-6(9)12-13-8(10)7-5(2)11-7/h3-4H,1-2H3/b4-3+. The van der Waals surface area contributed by atoms with Gasteiger partial charge in [0.15, 0.2) is 5.76 Å². The topological polar surface area (TPSA) is 65.1 Å². The summed E-state index contributed by atoms with van der Waals surface area (Å²) in [6.07, 6.45) is 2.59. The summed E-state index contributed by atoms with van der Waals surface area (Å²) in [5, 5.41) is 0. The highest BCUT2D eigenvalue weighted by molar-refractivity contribution is 5.90. The first kappa shape index (κ1) is 9.31. The van der Waals surface area contributed by atoms with Gasteiger partial charge in [0.25, 0.3) is 5.76 Å². The first-order valence-electron chi connectivity index (χ1n) is 3.59. The number of hydrogen-bond donors (Lipinski definition) is 0. The zero-order valence-electron chi connectivity index (χ0n) is 7.20.